The lowest BCUT2D eigenvalue weighted by Gasteiger charge is -2.29. The SMILES string of the molecule is CC1(C)SC2c3ccccc3C(=O)N2C1C(=O)Nc1ccc2[nH]ccc2c1. The molecule has 6 heteroatoms. The molecule has 0 saturated carbocycles. The van der Waals surface area contributed by atoms with Gasteiger partial charge in [-0.15, -0.1) is 11.8 Å². The molecule has 2 aliphatic heterocycles. The fraction of sp³-hybridized carbons (Fsp3) is 0.238. The highest BCUT2D eigenvalue weighted by Crippen LogP contribution is 2.56. The van der Waals surface area contributed by atoms with Crippen LogP contribution in [-0.4, -0.2) is 32.5 Å². The lowest BCUT2D eigenvalue weighted by molar-refractivity contribution is -0.121. The zero-order valence-corrected chi connectivity index (χ0v) is 15.8. The number of nitrogens with zero attached hydrogens (tertiary/aromatic N) is 1. The van der Waals surface area contributed by atoms with Crippen molar-refractivity contribution in [3.05, 3.63) is 65.9 Å². The molecule has 27 heavy (non-hydrogen) atoms. The van der Waals surface area contributed by atoms with Gasteiger partial charge in [0.15, 0.2) is 0 Å². The molecule has 2 amide bonds. The Morgan fingerprint density at radius 3 is 2.85 bits per heavy atom. The second-order valence-corrected chi connectivity index (χ2v) is 9.28. The summed E-state index contributed by atoms with van der Waals surface area (Å²) in [5.41, 5.74) is 3.47. The smallest absolute Gasteiger partial charge is 0.256 e. The first-order chi connectivity index (χ1) is 13.0. The first kappa shape index (κ1) is 16.4. The first-order valence-corrected chi connectivity index (χ1v) is 9.81. The van der Waals surface area contributed by atoms with Gasteiger partial charge in [0.05, 0.1) is 0 Å². The fourth-order valence-electron chi connectivity index (χ4n) is 4.15. The number of fused-ring (bicyclic) bond motifs is 4. The molecule has 1 fully saturated rings. The molecule has 136 valence electrons. The third-order valence-corrected chi connectivity index (χ3v) is 6.90. The van der Waals surface area contributed by atoms with E-state index in [-0.39, 0.29) is 21.9 Å². The van der Waals surface area contributed by atoms with E-state index in [0.717, 1.165) is 22.2 Å². The standard InChI is InChI=1S/C21H19N3O2S/c1-21(2)17(18(25)23-13-7-8-16-12(11-13)9-10-22-16)24-19(26)14-5-3-4-6-15(14)20(24)27-21/h3-11,17,20,22H,1-2H3,(H,23,25). The minimum absolute atomic E-state index is 0.0603. The summed E-state index contributed by atoms with van der Waals surface area (Å²) in [4.78, 5) is 31.1. The zero-order valence-electron chi connectivity index (χ0n) is 15.0. The molecule has 2 aromatic carbocycles. The number of H-pyrrole nitrogens is 1. The summed E-state index contributed by atoms with van der Waals surface area (Å²) in [5.74, 6) is -0.207. The van der Waals surface area contributed by atoms with Crippen LogP contribution in [0.25, 0.3) is 10.9 Å². The minimum atomic E-state index is -0.533. The average molecular weight is 377 g/mol. The maximum absolute atomic E-state index is 13.2. The number of amides is 2. The van der Waals surface area contributed by atoms with Crippen LogP contribution in [0.3, 0.4) is 0 Å². The highest BCUT2D eigenvalue weighted by molar-refractivity contribution is 8.01. The summed E-state index contributed by atoms with van der Waals surface area (Å²) in [6.07, 6.45) is 1.87. The Hall–Kier alpha value is -2.73. The monoisotopic (exact) mass is 377 g/mol. The van der Waals surface area contributed by atoms with Gasteiger partial charge in [-0.05, 0) is 49.7 Å². The van der Waals surface area contributed by atoms with E-state index in [9.17, 15) is 9.59 Å². The van der Waals surface area contributed by atoms with Gasteiger partial charge < -0.3 is 15.2 Å². The lowest BCUT2D eigenvalue weighted by Crippen LogP contribution is -2.50. The fourth-order valence-corrected chi connectivity index (χ4v) is 5.73. The topological polar surface area (TPSA) is 65.2 Å². The van der Waals surface area contributed by atoms with E-state index >= 15 is 0 Å². The van der Waals surface area contributed by atoms with Crippen LogP contribution in [0.5, 0.6) is 0 Å². The number of aromatic amines is 1. The number of hydrogen-bond donors (Lipinski definition) is 2. The minimum Gasteiger partial charge on any atom is -0.361 e. The maximum Gasteiger partial charge on any atom is 0.256 e. The summed E-state index contributed by atoms with van der Waals surface area (Å²) in [7, 11) is 0. The molecule has 2 aliphatic rings. The van der Waals surface area contributed by atoms with Crippen molar-refractivity contribution in [2.45, 2.75) is 30.0 Å². The molecular weight excluding hydrogens is 358 g/mol. The van der Waals surface area contributed by atoms with Crippen LogP contribution < -0.4 is 5.32 Å². The Balaban J connectivity index is 1.48. The summed E-state index contributed by atoms with van der Waals surface area (Å²) < 4.78 is -0.379. The largest absolute Gasteiger partial charge is 0.361 e. The van der Waals surface area contributed by atoms with Crippen molar-refractivity contribution in [1.29, 1.82) is 0 Å². The number of hydrogen-bond acceptors (Lipinski definition) is 3. The molecule has 0 bridgehead atoms. The van der Waals surface area contributed by atoms with Crippen molar-refractivity contribution in [1.82, 2.24) is 9.88 Å². The van der Waals surface area contributed by atoms with Gasteiger partial charge in [-0.1, -0.05) is 18.2 Å². The Labute approximate surface area is 161 Å². The Bertz CT molecular complexity index is 1090. The lowest BCUT2D eigenvalue weighted by atomic mass is 10.0. The summed E-state index contributed by atoms with van der Waals surface area (Å²) in [5, 5.41) is 3.95. The van der Waals surface area contributed by atoms with Gasteiger partial charge in [0.2, 0.25) is 5.91 Å². The van der Waals surface area contributed by atoms with E-state index in [1.54, 1.807) is 16.7 Å². The predicted octanol–water partition coefficient (Wildman–Crippen LogP) is 4.16. The number of thioether (sulfide) groups is 1. The molecule has 2 unspecified atom stereocenters. The molecule has 0 spiro atoms. The number of anilines is 1. The van der Waals surface area contributed by atoms with E-state index in [1.165, 1.54) is 0 Å². The maximum atomic E-state index is 13.2. The molecule has 5 nitrogen and oxygen atoms in total. The number of carbonyl (C=O) groups excluding carboxylic acids is 2. The van der Waals surface area contributed by atoms with Crippen molar-refractivity contribution in [3.8, 4) is 0 Å². The molecule has 1 saturated heterocycles. The van der Waals surface area contributed by atoms with Crippen molar-refractivity contribution in [2.75, 3.05) is 5.32 Å². The third kappa shape index (κ3) is 2.40. The molecular formula is C21H19N3O2S. The second-order valence-electron chi connectivity index (χ2n) is 7.54. The van der Waals surface area contributed by atoms with Gasteiger partial charge in [0.25, 0.3) is 5.91 Å². The average Bonchev–Trinajstić information content (AvgIpc) is 3.28. The van der Waals surface area contributed by atoms with Crippen LogP contribution in [0.1, 0.15) is 35.1 Å². The molecule has 0 aliphatic carbocycles. The number of nitrogens with one attached hydrogen (secondary N) is 2. The van der Waals surface area contributed by atoms with E-state index in [0.29, 0.717) is 5.56 Å². The molecule has 3 aromatic rings. The third-order valence-electron chi connectivity index (χ3n) is 5.37. The molecule has 2 atom stereocenters. The van der Waals surface area contributed by atoms with E-state index in [4.69, 9.17) is 0 Å². The normalized spacial score (nSPS) is 22.7. The molecule has 1 aromatic heterocycles. The summed E-state index contributed by atoms with van der Waals surface area (Å²) in [6.45, 7) is 4.07. The van der Waals surface area contributed by atoms with Crippen LogP contribution >= 0.6 is 11.8 Å². The summed E-state index contributed by atoms with van der Waals surface area (Å²) >= 11 is 1.68. The van der Waals surface area contributed by atoms with Gasteiger partial charge >= 0.3 is 0 Å². The number of rotatable bonds is 2. The van der Waals surface area contributed by atoms with Crippen LogP contribution in [-0.2, 0) is 4.79 Å². The Kier molecular flexibility index (Phi) is 3.43. The van der Waals surface area contributed by atoms with E-state index in [1.807, 2.05) is 68.6 Å². The van der Waals surface area contributed by atoms with Crippen LogP contribution in [0.15, 0.2) is 54.7 Å². The number of benzene rings is 2. The number of aromatic nitrogens is 1. The van der Waals surface area contributed by atoms with E-state index < -0.39 is 6.04 Å². The van der Waals surface area contributed by atoms with Gasteiger partial charge in [0.1, 0.15) is 11.4 Å². The first-order valence-electron chi connectivity index (χ1n) is 8.93. The number of carbonyl (C=O) groups is 2. The zero-order chi connectivity index (χ0) is 18.8. The van der Waals surface area contributed by atoms with Crippen LogP contribution in [0, 0.1) is 0 Å². The van der Waals surface area contributed by atoms with Crippen molar-refractivity contribution in [2.24, 2.45) is 0 Å². The Morgan fingerprint density at radius 1 is 1.19 bits per heavy atom. The second kappa shape index (κ2) is 5.63. The highest BCUT2D eigenvalue weighted by atomic mass is 32.2. The van der Waals surface area contributed by atoms with Gasteiger partial charge in [-0.25, -0.2) is 0 Å². The van der Waals surface area contributed by atoms with Gasteiger partial charge in [-0.2, -0.15) is 0 Å². The van der Waals surface area contributed by atoms with Crippen LogP contribution in [0.2, 0.25) is 0 Å². The van der Waals surface area contributed by atoms with Gasteiger partial charge in [-0.3, -0.25) is 9.59 Å². The molecule has 2 N–H and O–H groups in total. The van der Waals surface area contributed by atoms with E-state index in [2.05, 4.69) is 10.3 Å². The molecule has 0 radical (unpaired) electrons. The highest BCUT2D eigenvalue weighted by Gasteiger charge is 2.57. The molecule has 3 heterocycles. The van der Waals surface area contributed by atoms with Crippen molar-refractivity contribution >= 4 is 40.2 Å². The predicted molar refractivity (Wildman–Crippen MR) is 108 cm³/mol. The van der Waals surface area contributed by atoms with Crippen LogP contribution in [0.4, 0.5) is 5.69 Å². The Morgan fingerprint density at radius 2 is 2.00 bits per heavy atom. The molecule has 5 rings (SSSR count). The van der Waals surface area contributed by atoms with Crippen molar-refractivity contribution < 1.29 is 9.59 Å². The van der Waals surface area contributed by atoms with Gasteiger partial charge in [0, 0.05) is 33.1 Å². The summed E-state index contributed by atoms with van der Waals surface area (Å²) in [6, 6.07) is 14.9. The van der Waals surface area contributed by atoms with Crippen molar-refractivity contribution in [3.63, 3.8) is 0 Å². The quantitative estimate of drug-likeness (QED) is 0.705.